The number of allylic oxidation sites excluding steroid dienone is 5. The molecule has 0 spiro atoms. The molecule has 0 unspecified atom stereocenters. The van der Waals surface area contributed by atoms with Crippen molar-refractivity contribution in [2.45, 2.75) is 34.6 Å². The van der Waals surface area contributed by atoms with Gasteiger partial charge in [0.15, 0.2) is 5.82 Å². The minimum Gasteiger partial charge on any atom is -0.237 e. The second-order valence-corrected chi connectivity index (χ2v) is 13.6. The summed E-state index contributed by atoms with van der Waals surface area (Å²) < 4.78 is 0. The van der Waals surface area contributed by atoms with Crippen molar-refractivity contribution in [3.8, 4) is 11.1 Å². The Morgan fingerprint density at radius 1 is 0.660 bits per heavy atom. The molecule has 0 saturated heterocycles. The summed E-state index contributed by atoms with van der Waals surface area (Å²) in [6, 6.07) is 44.7. The molecule has 5 aromatic carbocycles. The highest BCUT2D eigenvalue weighted by molar-refractivity contribution is 6.03. The molecule has 53 heavy (non-hydrogen) atoms. The molecular weight excluding hydrogens is 641 g/mol. The van der Waals surface area contributed by atoms with Gasteiger partial charge in [0.1, 0.15) is 0 Å². The van der Waals surface area contributed by atoms with E-state index in [0.717, 1.165) is 72.1 Å². The Hall–Kier alpha value is -6.38. The Morgan fingerprint density at radius 3 is 2.08 bits per heavy atom. The van der Waals surface area contributed by atoms with Crippen molar-refractivity contribution in [1.82, 2.24) is 4.98 Å². The number of hydrogen-bond donors (Lipinski definition) is 0. The SMILES string of the molecule is C=C(/C=C\c1ccccc1C)c1cc(/C(C)=C/C=c2/ccccc2=C)cc(-c2ccc(/C(=C/C(C)=Nc3ncccc3C)c3ccccc3C)cc2)c1. The van der Waals surface area contributed by atoms with Crippen LogP contribution in [0.3, 0.4) is 0 Å². The summed E-state index contributed by atoms with van der Waals surface area (Å²) in [4.78, 5) is 9.38. The summed E-state index contributed by atoms with van der Waals surface area (Å²) in [6.45, 7) is 19.2. The Bertz CT molecular complexity index is 2520. The van der Waals surface area contributed by atoms with E-state index in [4.69, 9.17) is 4.99 Å². The zero-order chi connectivity index (χ0) is 37.3. The average molecular weight is 687 g/mol. The van der Waals surface area contributed by atoms with Crippen molar-refractivity contribution < 1.29 is 0 Å². The molecule has 0 fully saturated rings. The lowest BCUT2D eigenvalue weighted by Crippen LogP contribution is -2.21. The van der Waals surface area contributed by atoms with Crippen molar-refractivity contribution in [3.63, 3.8) is 0 Å². The number of rotatable bonds is 10. The first-order valence-electron chi connectivity index (χ1n) is 18.0. The van der Waals surface area contributed by atoms with Crippen LogP contribution in [0.2, 0.25) is 0 Å². The Labute approximate surface area is 315 Å². The van der Waals surface area contributed by atoms with E-state index in [1.807, 2.05) is 44.2 Å². The minimum atomic E-state index is 0.740. The molecule has 0 amide bonds. The van der Waals surface area contributed by atoms with Crippen LogP contribution < -0.4 is 10.4 Å². The lowest BCUT2D eigenvalue weighted by molar-refractivity contribution is 1.22. The van der Waals surface area contributed by atoms with Gasteiger partial charge in [0.05, 0.1) is 0 Å². The second kappa shape index (κ2) is 16.8. The molecule has 0 radical (unpaired) electrons. The van der Waals surface area contributed by atoms with Crippen LogP contribution in [0.4, 0.5) is 5.82 Å². The zero-order valence-electron chi connectivity index (χ0n) is 31.4. The van der Waals surface area contributed by atoms with Crippen molar-refractivity contribution in [2.24, 2.45) is 4.99 Å². The number of aryl methyl sites for hydroxylation is 3. The average Bonchev–Trinajstić information content (AvgIpc) is 3.17. The summed E-state index contributed by atoms with van der Waals surface area (Å²) in [5.41, 5.74) is 15.6. The number of hydrogen-bond acceptors (Lipinski definition) is 2. The number of aliphatic imine (C=N–C) groups is 1. The fourth-order valence-corrected chi connectivity index (χ4v) is 6.31. The molecule has 0 N–H and O–H groups in total. The van der Waals surface area contributed by atoms with Crippen LogP contribution in [0.5, 0.6) is 0 Å². The largest absolute Gasteiger partial charge is 0.237 e. The maximum atomic E-state index is 4.88. The Morgan fingerprint density at radius 2 is 1.34 bits per heavy atom. The van der Waals surface area contributed by atoms with Crippen LogP contribution in [0.25, 0.3) is 46.6 Å². The standard InChI is InChI=1S/C51H46N2/c1-35-15-8-11-19-42(35)24-22-37(3)46-32-47(38(4)23-25-43-20-12-9-16-36(43)2)34-48(33-46)44-26-28-45(29-27-44)50(49-21-13-10-17-39(49)5)31-41(7)53-51-40(6)18-14-30-52-51/h8-34H,1,4H2,2-3,5-7H3/b25-23-,37-22+,42-24-,50-31-,53-41?. The molecule has 2 heteroatoms. The van der Waals surface area contributed by atoms with Gasteiger partial charge in [0.25, 0.3) is 0 Å². The monoisotopic (exact) mass is 686 g/mol. The van der Waals surface area contributed by atoms with Crippen LogP contribution >= 0.6 is 0 Å². The van der Waals surface area contributed by atoms with Gasteiger partial charge < -0.3 is 0 Å². The van der Waals surface area contributed by atoms with Crippen molar-refractivity contribution in [3.05, 3.63) is 213 Å². The fraction of sp³-hybridized carbons (Fsp3) is 0.0980. The summed E-state index contributed by atoms with van der Waals surface area (Å²) >= 11 is 0. The Kier molecular flexibility index (Phi) is 11.5. The van der Waals surface area contributed by atoms with E-state index in [1.165, 1.54) is 22.3 Å². The van der Waals surface area contributed by atoms with E-state index in [2.05, 4.69) is 166 Å². The summed E-state index contributed by atoms with van der Waals surface area (Å²) in [5, 5.41) is 2.12. The number of nitrogens with zero attached hydrogens (tertiary/aromatic N) is 2. The molecule has 2 nitrogen and oxygen atoms in total. The van der Waals surface area contributed by atoms with E-state index in [-0.39, 0.29) is 0 Å². The Balaban J connectivity index is 1.42. The minimum absolute atomic E-state index is 0.740. The van der Waals surface area contributed by atoms with Gasteiger partial charge in [-0.25, -0.2) is 9.98 Å². The summed E-state index contributed by atoms with van der Waals surface area (Å²) in [5.74, 6) is 0.740. The van der Waals surface area contributed by atoms with Crippen LogP contribution in [-0.4, -0.2) is 10.7 Å². The third kappa shape index (κ3) is 9.11. The quantitative estimate of drug-likeness (QED) is 0.104. The number of benzene rings is 5. The van der Waals surface area contributed by atoms with E-state index in [9.17, 15) is 0 Å². The lowest BCUT2D eigenvalue weighted by Gasteiger charge is -2.14. The van der Waals surface area contributed by atoms with Gasteiger partial charge in [0.2, 0.25) is 0 Å². The molecule has 1 aromatic heterocycles. The molecule has 0 atom stereocenters. The molecule has 260 valence electrons. The van der Waals surface area contributed by atoms with Crippen molar-refractivity contribution >= 4 is 47.0 Å². The maximum absolute atomic E-state index is 4.88. The first-order valence-corrected chi connectivity index (χ1v) is 18.0. The highest BCUT2D eigenvalue weighted by Gasteiger charge is 2.12. The third-order valence-electron chi connectivity index (χ3n) is 9.56. The highest BCUT2D eigenvalue weighted by Crippen LogP contribution is 2.32. The first kappa shape index (κ1) is 36.4. The highest BCUT2D eigenvalue weighted by atomic mass is 14.9. The van der Waals surface area contributed by atoms with Gasteiger partial charge in [-0.1, -0.05) is 141 Å². The molecule has 0 saturated carbocycles. The predicted molar refractivity (Wildman–Crippen MR) is 230 cm³/mol. The molecule has 0 aliphatic carbocycles. The van der Waals surface area contributed by atoms with Crippen molar-refractivity contribution in [1.29, 1.82) is 0 Å². The molecule has 6 aromatic rings. The van der Waals surface area contributed by atoms with Gasteiger partial charge in [-0.2, -0.15) is 0 Å². The smallest absolute Gasteiger partial charge is 0.154 e. The van der Waals surface area contributed by atoms with E-state index in [1.54, 1.807) is 6.20 Å². The van der Waals surface area contributed by atoms with Crippen LogP contribution in [0, 0.1) is 20.8 Å². The first-order chi connectivity index (χ1) is 25.7. The van der Waals surface area contributed by atoms with Crippen LogP contribution in [0.15, 0.2) is 163 Å². The molecule has 1 heterocycles. The second-order valence-electron chi connectivity index (χ2n) is 13.6. The van der Waals surface area contributed by atoms with E-state index < -0.39 is 0 Å². The van der Waals surface area contributed by atoms with Crippen LogP contribution in [0.1, 0.15) is 58.4 Å². The maximum Gasteiger partial charge on any atom is 0.154 e. The number of pyridine rings is 1. The van der Waals surface area contributed by atoms with Gasteiger partial charge in [0, 0.05) is 11.9 Å². The number of aromatic nitrogens is 1. The lowest BCUT2D eigenvalue weighted by atomic mass is 9.90. The van der Waals surface area contributed by atoms with Gasteiger partial charge in [-0.05, 0) is 148 Å². The molecule has 0 bridgehead atoms. The summed E-state index contributed by atoms with van der Waals surface area (Å²) in [6.07, 6.45) is 12.6. The van der Waals surface area contributed by atoms with Gasteiger partial charge >= 0.3 is 0 Å². The topological polar surface area (TPSA) is 25.2 Å². The fourth-order valence-electron chi connectivity index (χ4n) is 6.31. The summed E-state index contributed by atoms with van der Waals surface area (Å²) in [7, 11) is 0. The molecule has 6 rings (SSSR count). The third-order valence-corrected chi connectivity index (χ3v) is 9.56. The zero-order valence-corrected chi connectivity index (χ0v) is 31.4. The van der Waals surface area contributed by atoms with Crippen LogP contribution in [-0.2, 0) is 0 Å². The molecular formula is C51H46N2. The van der Waals surface area contributed by atoms with E-state index >= 15 is 0 Å². The van der Waals surface area contributed by atoms with Gasteiger partial charge in [-0.15, -0.1) is 0 Å². The van der Waals surface area contributed by atoms with Gasteiger partial charge in [-0.3, -0.25) is 0 Å². The predicted octanol–water partition coefficient (Wildman–Crippen LogP) is 11.9. The van der Waals surface area contributed by atoms with E-state index in [0.29, 0.717) is 0 Å². The normalized spacial score (nSPS) is 12.8. The molecule has 0 aliphatic rings. The molecule has 0 aliphatic heterocycles. The van der Waals surface area contributed by atoms with Crippen molar-refractivity contribution in [2.75, 3.05) is 0 Å².